The topological polar surface area (TPSA) is 45.7 Å². The fourth-order valence-corrected chi connectivity index (χ4v) is 2.57. The summed E-state index contributed by atoms with van der Waals surface area (Å²) in [6, 6.07) is 0. The van der Waals surface area contributed by atoms with Crippen molar-refractivity contribution in [3.63, 3.8) is 0 Å². The van der Waals surface area contributed by atoms with Crippen molar-refractivity contribution in [1.82, 2.24) is 9.88 Å². The highest BCUT2D eigenvalue weighted by atomic mass is 32.1. The number of nitrogens with zero attached hydrogens (tertiary/aromatic N) is 3. The van der Waals surface area contributed by atoms with Crippen LogP contribution in [-0.4, -0.2) is 56.2 Å². The summed E-state index contributed by atoms with van der Waals surface area (Å²) in [5.41, 5.74) is 0.408. The first-order chi connectivity index (χ1) is 9.43. The van der Waals surface area contributed by atoms with Gasteiger partial charge in [0.05, 0.1) is 6.61 Å². The van der Waals surface area contributed by atoms with Crippen LogP contribution in [0.15, 0.2) is 5.38 Å². The molecule has 0 aliphatic carbocycles. The quantitative estimate of drug-likeness (QED) is 0.690. The second-order valence-electron chi connectivity index (χ2n) is 5.38. The highest BCUT2D eigenvalue weighted by Crippen LogP contribution is 2.22. The molecule has 0 aliphatic heterocycles. The molecule has 1 aromatic rings. The number of aromatic nitrogens is 1. The number of hydrogen-bond donors (Lipinski definition) is 0. The van der Waals surface area contributed by atoms with E-state index in [1.165, 1.54) is 11.3 Å². The smallest absolute Gasteiger partial charge is 0.357 e. The van der Waals surface area contributed by atoms with Gasteiger partial charge in [-0.3, -0.25) is 0 Å². The van der Waals surface area contributed by atoms with Gasteiger partial charge in [-0.2, -0.15) is 0 Å². The van der Waals surface area contributed by atoms with Gasteiger partial charge in [0.1, 0.15) is 0 Å². The summed E-state index contributed by atoms with van der Waals surface area (Å²) >= 11 is 1.50. The lowest BCUT2D eigenvalue weighted by molar-refractivity contribution is 0.0520. The van der Waals surface area contributed by atoms with Crippen LogP contribution in [0.3, 0.4) is 0 Å². The van der Waals surface area contributed by atoms with Crippen molar-refractivity contribution in [2.45, 2.75) is 20.8 Å². The maximum Gasteiger partial charge on any atom is 0.357 e. The molecule has 0 aromatic carbocycles. The predicted octanol–water partition coefficient (Wildman–Crippen LogP) is 2.34. The average molecular weight is 299 g/mol. The fourth-order valence-electron chi connectivity index (χ4n) is 1.73. The molecule has 0 amide bonds. The predicted molar refractivity (Wildman–Crippen MR) is 83.7 cm³/mol. The van der Waals surface area contributed by atoms with Crippen molar-refractivity contribution in [2.24, 2.45) is 5.92 Å². The molecule has 1 rings (SSSR count). The Morgan fingerprint density at radius 1 is 1.40 bits per heavy atom. The summed E-state index contributed by atoms with van der Waals surface area (Å²) in [7, 11) is 4.11. The van der Waals surface area contributed by atoms with Crippen LogP contribution < -0.4 is 4.90 Å². The lowest BCUT2D eigenvalue weighted by atomic mass is 10.2. The minimum absolute atomic E-state index is 0.341. The number of thiazole rings is 1. The Labute approximate surface area is 125 Å². The monoisotopic (exact) mass is 299 g/mol. The number of esters is 1. The third-order valence-corrected chi connectivity index (χ3v) is 3.55. The molecule has 0 saturated heterocycles. The van der Waals surface area contributed by atoms with E-state index in [1.807, 2.05) is 0 Å². The Bertz CT molecular complexity index is 418. The lowest BCUT2D eigenvalue weighted by Crippen LogP contribution is -2.34. The Kier molecular flexibility index (Phi) is 6.95. The first kappa shape index (κ1) is 16.9. The van der Waals surface area contributed by atoms with Crippen molar-refractivity contribution in [2.75, 3.05) is 45.2 Å². The molecule has 5 nitrogen and oxygen atoms in total. The largest absolute Gasteiger partial charge is 0.461 e. The van der Waals surface area contributed by atoms with E-state index in [2.05, 4.69) is 42.7 Å². The maximum absolute atomic E-state index is 11.7. The Morgan fingerprint density at radius 3 is 2.65 bits per heavy atom. The lowest BCUT2D eigenvalue weighted by Gasteiger charge is -2.25. The van der Waals surface area contributed by atoms with Crippen molar-refractivity contribution in [1.29, 1.82) is 0 Å². The molecule has 0 spiro atoms. The van der Waals surface area contributed by atoms with Gasteiger partial charge in [-0.05, 0) is 26.9 Å². The molecule has 1 aromatic heterocycles. The number of likely N-dealkylation sites (N-methyl/N-ethyl adjacent to an activating group) is 1. The highest BCUT2D eigenvalue weighted by molar-refractivity contribution is 7.13. The zero-order valence-corrected chi connectivity index (χ0v) is 13.9. The van der Waals surface area contributed by atoms with E-state index in [0.29, 0.717) is 18.2 Å². The molecule has 0 bridgehead atoms. The molecule has 0 saturated carbocycles. The van der Waals surface area contributed by atoms with Crippen LogP contribution in [0, 0.1) is 5.92 Å². The Hall–Kier alpha value is -1.14. The first-order valence-corrected chi connectivity index (χ1v) is 7.84. The highest BCUT2D eigenvalue weighted by Gasteiger charge is 2.16. The molecule has 0 fully saturated rings. The van der Waals surface area contributed by atoms with E-state index >= 15 is 0 Å². The first-order valence-electron chi connectivity index (χ1n) is 6.96. The Balaban J connectivity index is 2.77. The minimum atomic E-state index is -0.341. The zero-order valence-electron chi connectivity index (χ0n) is 13.0. The van der Waals surface area contributed by atoms with Gasteiger partial charge in [0.2, 0.25) is 0 Å². The molecule has 0 N–H and O–H groups in total. The summed E-state index contributed by atoms with van der Waals surface area (Å²) in [5.74, 6) is 0.208. The standard InChI is InChI=1S/C14H25N3O2S/c1-6-19-13(18)12-10-20-14(15-12)17(9-11(2)3)8-7-16(4)5/h10-11H,6-9H2,1-5H3. The van der Waals surface area contributed by atoms with Gasteiger partial charge >= 0.3 is 5.97 Å². The van der Waals surface area contributed by atoms with Crippen LogP contribution in [0.25, 0.3) is 0 Å². The van der Waals surface area contributed by atoms with E-state index in [9.17, 15) is 4.79 Å². The molecule has 20 heavy (non-hydrogen) atoms. The SMILES string of the molecule is CCOC(=O)c1csc(N(CCN(C)C)CC(C)C)n1. The van der Waals surface area contributed by atoms with Gasteiger partial charge in [0.25, 0.3) is 0 Å². The van der Waals surface area contributed by atoms with Crippen LogP contribution in [0.1, 0.15) is 31.3 Å². The van der Waals surface area contributed by atoms with Gasteiger partial charge < -0.3 is 14.5 Å². The van der Waals surface area contributed by atoms with Gasteiger partial charge in [0, 0.05) is 25.0 Å². The minimum Gasteiger partial charge on any atom is -0.461 e. The fraction of sp³-hybridized carbons (Fsp3) is 0.714. The van der Waals surface area contributed by atoms with Crippen LogP contribution >= 0.6 is 11.3 Å². The summed E-state index contributed by atoms with van der Waals surface area (Å²) in [6.45, 7) is 9.34. The van der Waals surface area contributed by atoms with Crippen molar-refractivity contribution in [3.8, 4) is 0 Å². The number of carbonyl (C=O) groups excluding carboxylic acids is 1. The van der Waals surface area contributed by atoms with Crippen LogP contribution in [0.4, 0.5) is 5.13 Å². The maximum atomic E-state index is 11.7. The number of hydrogen-bond acceptors (Lipinski definition) is 6. The number of ether oxygens (including phenoxy) is 1. The summed E-state index contributed by atoms with van der Waals surface area (Å²) in [5, 5.41) is 2.67. The van der Waals surface area contributed by atoms with Gasteiger partial charge in [-0.25, -0.2) is 9.78 Å². The van der Waals surface area contributed by atoms with Gasteiger partial charge in [-0.1, -0.05) is 13.8 Å². The molecule has 0 aliphatic rings. The van der Waals surface area contributed by atoms with Crippen molar-refractivity contribution in [3.05, 3.63) is 11.1 Å². The van der Waals surface area contributed by atoms with E-state index in [0.717, 1.165) is 24.8 Å². The second-order valence-corrected chi connectivity index (χ2v) is 6.22. The molecule has 114 valence electrons. The second kappa shape index (κ2) is 8.21. The summed E-state index contributed by atoms with van der Waals surface area (Å²) < 4.78 is 4.98. The molecule has 6 heteroatoms. The molecular formula is C14H25N3O2S. The third-order valence-electron chi connectivity index (χ3n) is 2.65. The van der Waals surface area contributed by atoms with Crippen LogP contribution in [0.2, 0.25) is 0 Å². The number of carbonyl (C=O) groups is 1. The van der Waals surface area contributed by atoms with Crippen LogP contribution in [0.5, 0.6) is 0 Å². The van der Waals surface area contributed by atoms with Gasteiger partial charge in [0.15, 0.2) is 10.8 Å². The normalized spacial score (nSPS) is 11.2. The van der Waals surface area contributed by atoms with E-state index in [1.54, 1.807) is 12.3 Å². The van der Waals surface area contributed by atoms with E-state index < -0.39 is 0 Å². The summed E-state index contributed by atoms with van der Waals surface area (Å²) in [4.78, 5) is 20.5. The third kappa shape index (κ3) is 5.46. The Morgan fingerprint density at radius 2 is 2.10 bits per heavy atom. The van der Waals surface area contributed by atoms with E-state index in [-0.39, 0.29) is 5.97 Å². The number of rotatable bonds is 8. The van der Waals surface area contributed by atoms with Crippen LogP contribution in [-0.2, 0) is 4.74 Å². The molecular weight excluding hydrogens is 274 g/mol. The van der Waals surface area contributed by atoms with Crippen molar-refractivity contribution >= 4 is 22.4 Å². The van der Waals surface area contributed by atoms with E-state index in [4.69, 9.17) is 4.74 Å². The number of anilines is 1. The molecule has 0 atom stereocenters. The molecule has 1 heterocycles. The zero-order chi connectivity index (χ0) is 15.1. The van der Waals surface area contributed by atoms with Crippen molar-refractivity contribution < 1.29 is 9.53 Å². The van der Waals surface area contributed by atoms with Gasteiger partial charge in [-0.15, -0.1) is 11.3 Å². The summed E-state index contributed by atoms with van der Waals surface area (Å²) in [6.07, 6.45) is 0. The average Bonchev–Trinajstić information content (AvgIpc) is 2.83. The molecule has 0 unspecified atom stereocenters. The molecule has 0 radical (unpaired) electrons.